The maximum Gasteiger partial charge on any atom is 0.230 e. The SMILES string of the molecule is COc1ccc(CSCC(=O)N[C@@H]2CCCc3ccccc32)cc1. The molecule has 0 spiro atoms. The lowest BCUT2D eigenvalue weighted by Crippen LogP contribution is -2.32. The Bertz CT molecular complexity index is 684. The fourth-order valence-electron chi connectivity index (χ4n) is 3.12. The minimum absolute atomic E-state index is 0.121. The molecule has 2 aromatic carbocycles. The van der Waals surface area contributed by atoms with Crippen molar-refractivity contribution in [2.45, 2.75) is 31.1 Å². The zero-order valence-electron chi connectivity index (χ0n) is 14.0. The maximum absolute atomic E-state index is 12.3. The third-order valence-corrected chi connectivity index (χ3v) is 5.37. The highest BCUT2D eigenvalue weighted by Crippen LogP contribution is 2.29. The molecule has 0 radical (unpaired) electrons. The van der Waals surface area contributed by atoms with Crippen LogP contribution in [0.5, 0.6) is 5.75 Å². The molecule has 0 saturated heterocycles. The van der Waals surface area contributed by atoms with Gasteiger partial charge < -0.3 is 10.1 Å². The van der Waals surface area contributed by atoms with E-state index in [4.69, 9.17) is 4.74 Å². The molecule has 24 heavy (non-hydrogen) atoms. The monoisotopic (exact) mass is 341 g/mol. The highest BCUT2D eigenvalue weighted by molar-refractivity contribution is 7.99. The molecule has 2 aromatic rings. The van der Waals surface area contributed by atoms with E-state index in [9.17, 15) is 4.79 Å². The molecule has 1 atom stereocenters. The quantitative estimate of drug-likeness (QED) is 0.859. The van der Waals surface area contributed by atoms with Crippen LogP contribution in [0.3, 0.4) is 0 Å². The molecule has 1 aliphatic carbocycles. The second-order valence-corrected chi connectivity index (χ2v) is 7.04. The Hall–Kier alpha value is -1.94. The lowest BCUT2D eigenvalue weighted by atomic mass is 9.88. The van der Waals surface area contributed by atoms with Crippen molar-refractivity contribution in [2.24, 2.45) is 0 Å². The summed E-state index contributed by atoms with van der Waals surface area (Å²) in [4.78, 5) is 12.3. The molecule has 0 heterocycles. The van der Waals surface area contributed by atoms with E-state index < -0.39 is 0 Å². The molecule has 3 nitrogen and oxygen atoms in total. The Kier molecular flexibility index (Phi) is 5.81. The molecular weight excluding hydrogens is 318 g/mol. The first-order valence-corrected chi connectivity index (χ1v) is 9.49. The number of fused-ring (bicyclic) bond motifs is 1. The summed E-state index contributed by atoms with van der Waals surface area (Å²) in [7, 11) is 1.66. The van der Waals surface area contributed by atoms with Crippen LogP contribution in [0.25, 0.3) is 0 Å². The van der Waals surface area contributed by atoms with Gasteiger partial charge in [0.15, 0.2) is 0 Å². The molecule has 4 heteroatoms. The maximum atomic E-state index is 12.3. The van der Waals surface area contributed by atoms with Gasteiger partial charge in [-0.3, -0.25) is 4.79 Å². The van der Waals surface area contributed by atoms with Crippen LogP contribution in [0.15, 0.2) is 48.5 Å². The van der Waals surface area contributed by atoms with Crippen molar-refractivity contribution < 1.29 is 9.53 Å². The Morgan fingerprint density at radius 3 is 2.79 bits per heavy atom. The molecule has 1 N–H and O–H groups in total. The van der Waals surface area contributed by atoms with Crippen LogP contribution in [0.1, 0.15) is 35.6 Å². The van der Waals surface area contributed by atoms with E-state index in [2.05, 4.69) is 29.6 Å². The van der Waals surface area contributed by atoms with Gasteiger partial charge in [-0.05, 0) is 48.1 Å². The molecule has 126 valence electrons. The van der Waals surface area contributed by atoms with Crippen LogP contribution < -0.4 is 10.1 Å². The van der Waals surface area contributed by atoms with E-state index in [1.165, 1.54) is 16.7 Å². The summed E-state index contributed by atoms with van der Waals surface area (Å²) in [5.74, 6) is 2.30. The van der Waals surface area contributed by atoms with E-state index in [1.807, 2.05) is 24.3 Å². The first kappa shape index (κ1) is 16.9. The highest BCUT2D eigenvalue weighted by atomic mass is 32.2. The van der Waals surface area contributed by atoms with Crippen LogP contribution in [0.2, 0.25) is 0 Å². The number of carbonyl (C=O) groups excluding carboxylic acids is 1. The Morgan fingerprint density at radius 2 is 2.00 bits per heavy atom. The summed E-state index contributed by atoms with van der Waals surface area (Å²) in [6.07, 6.45) is 3.29. The van der Waals surface area contributed by atoms with E-state index in [-0.39, 0.29) is 11.9 Å². The third-order valence-electron chi connectivity index (χ3n) is 4.37. The number of benzene rings is 2. The summed E-state index contributed by atoms with van der Waals surface area (Å²) in [6.45, 7) is 0. The van der Waals surface area contributed by atoms with Crippen LogP contribution in [-0.2, 0) is 17.0 Å². The number of carbonyl (C=O) groups is 1. The van der Waals surface area contributed by atoms with Crippen LogP contribution in [0, 0.1) is 0 Å². The van der Waals surface area contributed by atoms with Gasteiger partial charge in [-0.1, -0.05) is 36.4 Å². The van der Waals surface area contributed by atoms with E-state index >= 15 is 0 Å². The minimum Gasteiger partial charge on any atom is -0.497 e. The second-order valence-electron chi connectivity index (χ2n) is 6.05. The summed E-state index contributed by atoms with van der Waals surface area (Å²) in [5, 5.41) is 3.20. The Balaban J connectivity index is 1.48. The molecule has 1 amide bonds. The van der Waals surface area contributed by atoms with Gasteiger partial charge in [0.2, 0.25) is 5.91 Å². The second kappa shape index (κ2) is 8.25. The molecule has 0 aliphatic heterocycles. The van der Waals surface area contributed by atoms with Crippen molar-refractivity contribution in [2.75, 3.05) is 12.9 Å². The van der Waals surface area contributed by atoms with E-state index in [1.54, 1.807) is 18.9 Å². The topological polar surface area (TPSA) is 38.3 Å². The molecular formula is C20H23NO2S. The number of thioether (sulfide) groups is 1. The number of hydrogen-bond acceptors (Lipinski definition) is 3. The van der Waals surface area contributed by atoms with Gasteiger partial charge in [0.05, 0.1) is 18.9 Å². The van der Waals surface area contributed by atoms with E-state index in [0.29, 0.717) is 5.75 Å². The number of rotatable bonds is 6. The molecule has 0 saturated carbocycles. The normalized spacial score (nSPS) is 16.3. The van der Waals surface area contributed by atoms with Gasteiger partial charge >= 0.3 is 0 Å². The lowest BCUT2D eigenvalue weighted by Gasteiger charge is -2.26. The van der Waals surface area contributed by atoms with Crippen LogP contribution in [0.4, 0.5) is 0 Å². The number of nitrogens with one attached hydrogen (secondary N) is 1. The van der Waals surface area contributed by atoms with Gasteiger partial charge in [-0.25, -0.2) is 0 Å². The van der Waals surface area contributed by atoms with Crippen molar-refractivity contribution in [3.63, 3.8) is 0 Å². The summed E-state index contributed by atoms with van der Waals surface area (Å²) >= 11 is 1.64. The van der Waals surface area contributed by atoms with Crippen molar-refractivity contribution >= 4 is 17.7 Å². The van der Waals surface area contributed by atoms with Gasteiger partial charge in [0.25, 0.3) is 0 Å². The fraction of sp³-hybridized carbons (Fsp3) is 0.350. The zero-order valence-corrected chi connectivity index (χ0v) is 14.8. The average molecular weight is 341 g/mol. The third kappa shape index (κ3) is 4.32. The minimum atomic E-state index is 0.121. The molecule has 0 bridgehead atoms. The summed E-state index contributed by atoms with van der Waals surface area (Å²) in [6, 6.07) is 16.6. The van der Waals surface area contributed by atoms with Crippen molar-refractivity contribution in [3.8, 4) is 5.75 Å². The molecule has 1 aliphatic rings. The van der Waals surface area contributed by atoms with E-state index in [0.717, 1.165) is 30.8 Å². The van der Waals surface area contributed by atoms with Gasteiger partial charge in [0.1, 0.15) is 5.75 Å². The lowest BCUT2D eigenvalue weighted by molar-refractivity contribution is -0.119. The molecule has 0 fully saturated rings. The van der Waals surface area contributed by atoms with Crippen LogP contribution in [-0.4, -0.2) is 18.8 Å². The fourth-order valence-corrected chi connectivity index (χ4v) is 3.92. The predicted octanol–water partition coefficient (Wildman–Crippen LogP) is 4.12. The van der Waals surface area contributed by atoms with Gasteiger partial charge in [-0.2, -0.15) is 0 Å². The smallest absolute Gasteiger partial charge is 0.230 e. The number of methoxy groups -OCH3 is 1. The molecule has 3 rings (SSSR count). The van der Waals surface area contributed by atoms with Crippen molar-refractivity contribution in [1.29, 1.82) is 0 Å². The number of hydrogen-bond donors (Lipinski definition) is 1. The zero-order chi connectivity index (χ0) is 16.8. The molecule has 0 aromatic heterocycles. The largest absolute Gasteiger partial charge is 0.497 e. The van der Waals surface area contributed by atoms with Gasteiger partial charge in [0, 0.05) is 5.75 Å². The number of aryl methyl sites for hydroxylation is 1. The van der Waals surface area contributed by atoms with Crippen molar-refractivity contribution in [1.82, 2.24) is 5.32 Å². The van der Waals surface area contributed by atoms with Gasteiger partial charge in [-0.15, -0.1) is 11.8 Å². The standard InChI is InChI=1S/C20H23NO2S/c1-23-17-11-9-15(10-12-17)13-24-14-20(22)21-19-8-4-6-16-5-2-3-7-18(16)19/h2-3,5,7,9-12,19H,4,6,8,13-14H2,1H3,(H,21,22)/t19-/m1/s1. The highest BCUT2D eigenvalue weighted by Gasteiger charge is 2.21. The Morgan fingerprint density at radius 1 is 1.21 bits per heavy atom. The first-order chi connectivity index (χ1) is 11.8. The predicted molar refractivity (Wildman–Crippen MR) is 99.4 cm³/mol. The average Bonchev–Trinajstić information content (AvgIpc) is 2.63. The van der Waals surface area contributed by atoms with Crippen LogP contribution >= 0.6 is 11.8 Å². The number of ether oxygens (including phenoxy) is 1. The first-order valence-electron chi connectivity index (χ1n) is 8.34. The van der Waals surface area contributed by atoms with Crippen molar-refractivity contribution in [3.05, 3.63) is 65.2 Å². The number of amides is 1. The Labute approximate surface area is 147 Å². The summed E-state index contributed by atoms with van der Waals surface area (Å²) in [5.41, 5.74) is 3.87. The summed E-state index contributed by atoms with van der Waals surface area (Å²) < 4.78 is 5.15. The molecule has 0 unspecified atom stereocenters.